The van der Waals surface area contributed by atoms with E-state index in [2.05, 4.69) is 22.5 Å². The van der Waals surface area contributed by atoms with Crippen LogP contribution in [0.1, 0.15) is 51.3 Å². The summed E-state index contributed by atoms with van der Waals surface area (Å²) in [5, 5.41) is 5.74. The van der Waals surface area contributed by atoms with E-state index in [0.29, 0.717) is 48.3 Å². The Morgan fingerprint density at radius 3 is 2.62 bits per heavy atom. The predicted molar refractivity (Wildman–Crippen MR) is 131 cm³/mol. The lowest BCUT2D eigenvalue weighted by Crippen LogP contribution is -2.46. The van der Waals surface area contributed by atoms with E-state index in [1.165, 1.54) is 0 Å². The van der Waals surface area contributed by atoms with Crippen LogP contribution in [-0.4, -0.2) is 56.3 Å². The monoisotopic (exact) mass is 485 g/mol. The minimum Gasteiger partial charge on any atom is -0.377 e. The SMILES string of the molecule is CC[C@H]1COCCN1c1nc(-c2ccc(NC(=O)NC3CC3)cc2)nc2c1CS(=O)(=O)C2(C)C. The molecule has 0 spiro atoms. The van der Waals surface area contributed by atoms with Crippen LogP contribution in [0.4, 0.5) is 16.3 Å². The van der Waals surface area contributed by atoms with Gasteiger partial charge >= 0.3 is 6.03 Å². The maximum absolute atomic E-state index is 13.0. The largest absolute Gasteiger partial charge is 0.377 e. The number of hydrogen-bond acceptors (Lipinski definition) is 7. The Morgan fingerprint density at radius 2 is 1.94 bits per heavy atom. The van der Waals surface area contributed by atoms with Crippen molar-refractivity contribution >= 4 is 27.4 Å². The third kappa shape index (κ3) is 4.13. The second-order valence-electron chi connectivity index (χ2n) is 9.75. The van der Waals surface area contributed by atoms with Gasteiger partial charge in [-0.05, 0) is 57.4 Å². The lowest BCUT2D eigenvalue weighted by Gasteiger charge is -2.37. The van der Waals surface area contributed by atoms with Crippen LogP contribution in [0.2, 0.25) is 0 Å². The Morgan fingerprint density at radius 1 is 1.21 bits per heavy atom. The third-order valence-corrected chi connectivity index (χ3v) is 9.37. The maximum atomic E-state index is 13.0. The second-order valence-corrected chi connectivity index (χ2v) is 12.3. The highest BCUT2D eigenvalue weighted by molar-refractivity contribution is 7.91. The molecule has 182 valence electrons. The van der Waals surface area contributed by atoms with E-state index in [1.807, 2.05) is 24.3 Å². The van der Waals surface area contributed by atoms with Crippen molar-refractivity contribution in [3.8, 4) is 11.4 Å². The number of aromatic nitrogens is 2. The summed E-state index contributed by atoms with van der Waals surface area (Å²) in [6.07, 6.45) is 2.92. The molecule has 0 unspecified atom stereocenters. The number of urea groups is 1. The van der Waals surface area contributed by atoms with Crippen LogP contribution in [0.25, 0.3) is 11.4 Å². The fourth-order valence-corrected chi connectivity index (χ4v) is 6.01. The van der Waals surface area contributed by atoms with Crippen LogP contribution >= 0.6 is 0 Å². The molecule has 1 saturated heterocycles. The van der Waals surface area contributed by atoms with Crippen molar-refractivity contribution in [2.24, 2.45) is 0 Å². The highest BCUT2D eigenvalue weighted by atomic mass is 32.2. The van der Waals surface area contributed by atoms with Crippen molar-refractivity contribution in [1.29, 1.82) is 0 Å². The van der Waals surface area contributed by atoms with E-state index in [-0.39, 0.29) is 23.9 Å². The van der Waals surface area contributed by atoms with Gasteiger partial charge in [-0.25, -0.2) is 23.2 Å². The van der Waals surface area contributed by atoms with Gasteiger partial charge in [-0.3, -0.25) is 0 Å². The minimum atomic E-state index is -3.41. The first kappa shape index (κ1) is 23.0. The number of morpholine rings is 1. The number of carbonyl (C=O) groups excluding carboxylic acids is 1. The number of fused-ring (bicyclic) bond motifs is 1. The highest BCUT2D eigenvalue weighted by Crippen LogP contribution is 2.45. The molecule has 5 rings (SSSR count). The molecule has 0 radical (unpaired) electrons. The molecular formula is C24H31N5O4S. The highest BCUT2D eigenvalue weighted by Gasteiger charge is 2.48. The minimum absolute atomic E-state index is 0.0578. The Bertz CT molecular complexity index is 1210. The van der Waals surface area contributed by atoms with Crippen LogP contribution in [0.15, 0.2) is 24.3 Å². The van der Waals surface area contributed by atoms with Gasteiger partial charge in [-0.1, -0.05) is 6.92 Å². The molecule has 10 heteroatoms. The van der Waals surface area contributed by atoms with Gasteiger partial charge in [0.2, 0.25) is 0 Å². The van der Waals surface area contributed by atoms with Crippen LogP contribution in [0, 0.1) is 0 Å². The van der Waals surface area contributed by atoms with E-state index in [9.17, 15) is 13.2 Å². The summed E-state index contributed by atoms with van der Waals surface area (Å²) in [7, 11) is -3.41. The number of ether oxygens (including phenoxy) is 1. The van der Waals surface area contributed by atoms with Crippen molar-refractivity contribution in [2.45, 2.75) is 62.6 Å². The average Bonchev–Trinajstić information content (AvgIpc) is 3.60. The molecule has 1 saturated carbocycles. The number of anilines is 2. The van der Waals surface area contributed by atoms with Crippen molar-refractivity contribution in [3.63, 3.8) is 0 Å². The number of sulfone groups is 1. The summed E-state index contributed by atoms with van der Waals surface area (Å²) < 4.78 is 30.7. The van der Waals surface area contributed by atoms with Crippen molar-refractivity contribution in [3.05, 3.63) is 35.5 Å². The van der Waals surface area contributed by atoms with E-state index < -0.39 is 14.6 Å². The van der Waals surface area contributed by atoms with Crippen LogP contribution in [0.3, 0.4) is 0 Å². The molecule has 1 atom stereocenters. The van der Waals surface area contributed by atoms with Gasteiger partial charge < -0.3 is 20.3 Å². The molecule has 3 aliphatic rings. The van der Waals surface area contributed by atoms with Crippen molar-refractivity contribution in [1.82, 2.24) is 15.3 Å². The van der Waals surface area contributed by atoms with E-state index in [0.717, 1.165) is 24.8 Å². The Balaban J connectivity index is 1.52. The van der Waals surface area contributed by atoms with Gasteiger partial charge in [-0.15, -0.1) is 0 Å². The van der Waals surface area contributed by atoms with Crippen molar-refractivity contribution in [2.75, 3.05) is 30.0 Å². The molecule has 34 heavy (non-hydrogen) atoms. The lowest BCUT2D eigenvalue weighted by atomic mass is 10.0. The smallest absolute Gasteiger partial charge is 0.319 e. The number of nitrogens with one attached hydrogen (secondary N) is 2. The number of carbonyl (C=O) groups is 1. The Labute approximate surface area is 200 Å². The van der Waals surface area contributed by atoms with Crippen LogP contribution in [-0.2, 0) is 25.1 Å². The molecule has 3 heterocycles. The van der Waals surface area contributed by atoms with Gasteiger partial charge in [0.1, 0.15) is 10.6 Å². The fourth-order valence-electron chi connectivity index (χ4n) is 4.54. The standard InChI is InChI=1S/C24H31N5O4S/c1-4-18-13-33-12-11-29(18)22-19-14-34(31,32)24(2,3)20(19)27-21(28-22)15-5-7-16(8-6-15)25-23(30)26-17-9-10-17/h5-8,17-18H,4,9-14H2,1-3H3,(H2,25,26,30)/t18-/m0/s1. The summed E-state index contributed by atoms with van der Waals surface area (Å²) in [6, 6.07) is 7.52. The fraction of sp³-hybridized carbons (Fsp3) is 0.542. The third-order valence-electron chi connectivity index (χ3n) is 6.95. The first-order valence-corrected chi connectivity index (χ1v) is 13.5. The van der Waals surface area contributed by atoms with Gasteiger partial charge in [0.25, 0.3) is 0 Å². The quantitative estimate of drug-likeness (QED) is 0.668. The van der Waals surface area contributed by atoms with Gasteiger partial charge in [0.15, 0.2) is 15.7 Å². The van der Waals surface area contributed by atoms with Crippen LogP contribution < -0.4 is 15.5 Å². The molecule has 2 N–H and O–H groups in total. The average molecular weight is 486 g/mol. The van der Waals surface area contributed by atoms with E-state index in [4.69, 9.17) is 14.7 Å². The zero-order valence-corrected chi connectivity index (χ0v) is 20.6. The Kier molecular flexibility index (Phi) is 5.76. The number of rotatable bonds is 5. The summed E-state index contributed by atoms with van der Waals surface area (Å²) in [5.41, 5.74) is 2.70. The first-order valence-electron chi connectivity index (χ1n) is 11.9. The maximum Gasteiger partial charge on any atom is 0.319 e. The van der Waals surface area contributed by atoms with Gasteiger partial charge in [-0.2, -0.15) is 0 Å². The molecule has 0 bridgehead atoms. The van der Waals surface area contributed by atoms with E-state index in [1.54, 1.807) is 13.8 Å². The van der Waals surface area contributed by atoms with Gasteiger partial charge in [0, 0.05) is 29.4 Å². The molecule has 2 aliphatic heterocycles. The zero-order chi connectivity index (χ0) is 24.1. The number of hydrogen-bond donors (Lipinski definition) is 2. The summed E-state index contributed by atoms with van der Waals surface area (Å²) >= 11 is 0. The zero-order valence-electron chi connectivity index (χ0n) is 19.8. The number of benzene rings is 1. The molecule has 2 amide bonds. The summed E-state index contributed by atoms with van der Waals surface area (Å²) in [4.78, 5) is 23.9. The topological polar surface area (TPSA) is 114 Å². The molecule has 1 aromatic carbocycles. The molecular weight excluding hydrogens is 454 g/mol. The Hall–Kier alpha value is -2.72. The number of amides is 2. The van der Waals surface area contributed by atoms with Gasteiger partial charge in [0.05, 0.1) is 30.7 Å². The van der Waals surface area contributed by atoms with E-state index >= 15 is 0 Å². The van der Waals surface area contributed by atoms with Crippen molar-refractivity contribution < 1.29 is 17.9 Å². The normalized spacial score (nSPS) is 22.8. The molecule has 2 fully saturated rings. The molecule has 1 aliphatic carbocycles. The summed E-state index contributed by atoms with van der Waals surface area (Å²) in [5.74, 6) is 1.11. The molecule has 9 nitrogen and oxygen atoms in total. The first-order chi connectivity index (χ1) is 16.2. The number of nitrogens with zero attached hydrogens (tertiary/aromatic N) is 3. The molecule has 2 aromatic rings. The second kappa shape index (κ2) is 8.49. The van der Waals surface area contributed by atoms with Crippen LogP contribution in [0.5, 0.6) is 0 Å². The molecule has 1 aromatic heterocycles. The predicted octanol–water partition coefficient (Wildman–Crippen LogP) is 3.21. The lowest BCUT2D eigenvalue weighted by molar-refractivity contribution is 0.0925. The summed E-state index contributed by atoms with van der Waals surface area (Å²) in [6.45, 7) is 7.35.